The molecule has 0 heterocycles. The van der Waals surface area contributed by atoms with Crippen LogP contribution in [0, 0.1) is 18.3 Å². The van der Waals surface area contributed by atoms with Crippen LogP contribution in [-0.4, -0.2) is 0 Å². The summed E-state index contributed by atoms with van der Waals surface area (Å²) in [5, 5.41) is 12.4. The van der Waals surface area contributed by atoms with Crippen LogP contribution in [0.25, 0.3) is 0 Å². The van der Waals surface area contributed by atoms with E-state index in [1.54, 1.807) is 0 Å². The molecule has 1 N–H and O–H groups in total. The van der Waals surface area contributed by atoms with E-state index in [-0.39, 0.29) is 6.04 Å². The van der Waals surface area contributed by atoms with E-state index in [0.29, 0.717) is 0 Å². The molecule has 1 unspecified atom stereocenters. The first-order valence-corrected chi connectivity index (χ1v) is 5.57. The van der Waals surface area contributed by atoms with Gasteiger partial charge in [0.25, 0.3) is 0 Å². The third-order valence-electron chi connectivity index (χ3n) is 2.62. The molecule has 0 amide bonds. The van der Waals surface area contributed by atoms with E-state index in [0.717, 1.165) is 11.3 Å². The second-order valence-electron chi connectivity index (χ2n) is 3.98. The molecular weight excluding hydrogens is 208 g/mol. The Morgan fingerprint density at radius 1 is 1.00 bits per heavy atom. The van der Waals surface area contributed by atoms with Crippen molar-refractivity contribution in [3.63, 3.8) is 0 Å². The van der Waals surface area contributed by atoms with Crippen LogP contribution in [0.3, 0.4) is 0 Å². The second kappa shape index (κ2) is 5.18. The predicted molar refractivity (Wildman–Crippen MR) is 69.6 cm³/mol. The van der Waals surface area contributed by atoms with E-state index in [1.807, 2.05) is 61.5 Å². The topological polar surface area (TPSA) is 35.8 Å². The number of anilines is 1. The lowest BCUT2D eigenvalue weighted by Gasteiger charge is -2.13. The van der Waals surface area contributed by atoms with E-state index < -0.39 is 0 Å². The third kappa shape index (κ3) is 2.85. The summed E-state index contributed by atoms with van der Waals surface area (Å²) in [6, 6.07) is 19.7. The Morgan fingerprint density at radius 3 is 2.24 bits per heavy atom. The van der Waals surface area contributed by atoms with Gasteiger partial charge in [-0.2, -0.15) is 5.26 Å². The van der Waals surface area contributed by atoms with Crippen molar-refractivity contribution in [2.45, 2.75) is 13.0 Å². The van der Waals surface area contributed by atoms with Gasteiger partial charge in [0.15, 0.2) is 0 Å². The fourth-order valence-electron chi connectivity index (χ4n) is 1.65. The number of hydrogen-bond donors (Lipinski definition) is 1. The van der Waals surface area contributed by atoms with Crippen LogP contribution < -0.4 is 5.32 Å². The SMILES string of the molecule is Cc1ccc(NC(C#N)c2ccccc2)cc1. The van der Waals surface area contributed by atoms with Gasteiger partial charge in [0.2, 0.25) is 0 Å². The van der Waals surface area contributed by atoms with Gasteiger partial charge >= 0.3 is 0 Å². The fraction of sp³-hybridized carbons (Fsp3) is 0.133. The zero-order valence-corrected chi connectivity index (χ0v) is 9.72. The Labute approximate surface area is 102 Å². The first-order valence-electron chi connectivity index (χ1n) is 5.57. The Morgan fingerprint density at radius 2 is 1.65 bits per heavy atom. The number of nitriles is 1. The second-order valence-corrected chi connectivity index (χ2v) is 3.98. The van der Waals surface area contributed by atoms with Crippen molar-refractivity contribution in [1.29, 1.82) is 5.26 Å². The van der Waals surface area contributed by atoms with Crippen molar-refractivity contribution in [2.24, 2.45) is 0 Å². The number of nitrogens with zero attached hydrogens (tertiary/aromatic N) is 1. The molecule has 0 spiro atoms. The summed E-state index contributed by atoms with van der Waals surface area (Å²) in [7, 11) is 0. The van der Waals surface area contributed by atoms with Crippen LogP contribution in [0.5, 0.6) is 0 Å². The molecule has 84 valence electrons. The molecule has 0 radical (unpaired) electrons. The number of benzene rings is 2. The minimum atomic E-state index is -0.307. The summed E-state index contributed by atoms with van der Waals surface area (Å²) in [5.74, 6) is 0. The van der Waals surface area contributed by atoms with Crippen molar-refractivity contribution in [1.82, 2.24) is 0 Å². The number of rotatable bonds is 3. The van der Waals surface area contributed by atoms with Crippen molar-refractivity contribution in [3.05, 3.63) is 65.7 Å². The van der Waals surface area contributed by atoms with Gasteiger partial charge in [-0.25, -0.2) is 0 Å². The molecule has 0 fully saturated rings. The van der Waals surface area contributed by atoms with Crippen molar-refractivity contribution in [3.8, 4) is 6.07 Å². The average molecular weight is 222 g/mol. The van der Waals surface area contributed by atoms with Gasteiger partial charge in [0.1, 0.15) is 6.04 Å². The van der Waals surface area contributed by atoms with Gasteiger partial charge in [0.05, 0.1) is 6.07 Å². The molecule has 0 aliphatic rings. The molecule has 2 aromatic carbocycles. The highest BCUT2D eigenvalue weighted by Gasteiger charge is 2.08. The van der Waals surface area contributed by atoms with Gasteiger partial charge in [-0.15, -0.1) is 0 Å². The quantitative estimate of drug-likeness (QED) is 0.860. The summed E-state index contributed by atoms with van der Waals surface area (Å²) in [5.41, 5.74) is 3.16. The Bertz CT molecular complexity index is 509. The first-order chi connectivity index (χ1) is 8.29. The molecule has 1 atom stereocenters. The molecule has 0 aliphatic carbocycles. The fourth-order valence-corrected chi connectivity index (χ4v) is 1.65. The minimum Gasteiger partial charge on any atom is -0.366 e. The molecule has 17 heavy (non-hydrogen) atoms. The molecule has 0 bridgehead atoms. The molecule has 0 aliphatic heterocycles. The smallest absolute Gasteiger partial charge is 0.140 e. The van der Waals surface area contributed by atoms with Crippen molar-refractivity contribution < 1.29 is 0 Å². The summed E-state index contributed by atoms with van der Waals surface area (Å²) in [4.78, 5) is 0. The third-order valence-corrected chi connectivity index (χ3v) is 2.62. The maximum Gasteiger partial charge on any atom is 0.140 e. The lowest BCUT2D eigenvalue weighted by atomic mass is 10.1. The minimum absolute atomic E-state index is 0.307. The van der Waals surface area contributed by atoms with E-state index in [9.17, 15) is 5.26 Å². The average Bonchev–Trinajstić information content (AvgIpc) is 2.39. The Kier molecular flexibility index (Phi) is 3.42. The monoisotopic (exact) mass is 222 g/mol. The summed E-state index contributed by atoms with van der Waals surface area (Å²) < 4.78 is 0. The zero-order chi connectivity index (χ0) is 12.1. The zero-order valence-electron chi connectivity index (χ0n) is 9.72. The van der Waals surface area contributed by atoms with Gasteiger partial charge in [-0.05, 0) is 24.6 Å². The Hall–Kier alpha value is -2.27. The summed E-state index contributed by atoms with van der Waals surface area (Å²) >= 11 is 0. The van der Waals surface area contributed by atoms with Gasteiger partial charge < -0.3 is 5.32 Å². The van der Waals surface area contributed by atoms with Crippen LogP contribution >= 0.6 is 0 Å². The lowest BCUT2D eigenvalue weighted by molar-refractivity contribution is 0.997. The van der Waals surface area contributed by atoms with E-state index in [1.165, 1.54) is 5.56 Å². The molecule has 2 heteroatoms. The highest BCUT2D eigenvalue weighted by Crippen LogP contribution is 2.18. The molecular formula is C15H14N2. The van der Waals surface area contributed by atoms with Crippen LogP contribution in [0.15, 0.2) is 54.6 Å². The summed E-state index contributed by atoms with van der Waals surface area (Å²) in [6.45, 7) is 2.04. The van der Waals surface area contributed by atoms with Gasteiger partial charge in [0, 0.05) is 5.69 Å². The van der Waals surface area contributed by atoms with Crippen LogP contribution in [0.2, 0.25) is 0 Å². The van der Waals surface area contributed by atoms with Gasteiger partial charge in [-0.3, -0.25) is 0 Å². The maximum absolute atomic E-state index is 9.18. The Balaban J connectivity index is 2.17. The summed E-state index contributed by atoms with van der Waals surface area (Å²) in [6.07, 6.45) is 0. The van der Waals surface area contributed by atoms with Crippen LogP contribution in [-0.2, 0) is 0 Å². The molecule has 0 saturated carbocycles. The molecule has 2 rings (SSSR count). The molecule has 2 nitrogen and oxygen atoms in total. The van der Waals surface area contributed by atoms with E-state index in [2.05, 4.69) is 11.4 Å². The number of nitrogens with one attached hydrogen (secondary N) is 1. The highest BCUT2D eigenvalue weighted by atomic mass is 14.9. The number of aryl methyl sites for hydroxylation is 1. The van der Waals surface area contributed by atoms with E-state index >= 15 is 0 Å². The van der Waals surface area contributed by atoms with Gasteiger partial charge in [-0.1, -0.05) is 48.0 Å². The van der Waals surface area contributed by atoms with Crippen LogP contribution in [0.4, 0.5) is 5.69 Å². The first kappa shape index (κ1) is 11.2. The lowest BCUT2D eigenvalue weighted by Crippen LogP contribution is -2.08. The highest BCUT2D eigenvalue weighted by molar-refractivity contribution is 5.48. The number of hydrogen-bond acceptors (Lipinski definition) is 2. The maximum atomic E-state index is 9.18. The molecule has 0 saturated heterocycles. The van der Waals surface area contributed by atoms with Crippen molar-refractivity contribution in [2.75, 3.05) is 5.32 Å². The largest absolute Gasteiger partial charge is 0.366 e. The standard InChI is InChI=1S/C15H14N2/c1-12-7-9-14(10-8-12)17-15(11-16)13-5-3-2-4-6-13/h2-10,15,17H,1H3. The molecule has 2 aromatic rings. The van der Waals surface area contributed by atoms with Crippen molar-refractivity contribution >= 4 is 5.69 Å². The predicted octanol–water partition coefficient (Wildman–Crippen LogP) is 3.67. The molecule has 0 aromatic heterocycles. The van der Waals surface area contributed by atoms with E-state index in [4.69, 9.17) is 0 Å². The normalized spacial score (nSPS) is 11.5. The van der Waals surface area contributed by atoms with Crippen LogP contribution in [0.1, 0.15) is 17.2 Å².